The second-order valence-corrected chi connectivity index (χ2v) is 7.63. The van der Waals surface area contributed by atoms with Crippen molar-refractivity contribution in [3.63, 3.8) is 0 Å². The largest absolute Gasteiger partial charge is 0.454 e. The predicted molar refractivity (Wildman–Crippen MR) is 101 cm³/mol. The summed E-state index contributed by atoms with van der Waals surface area (Å²) in [5.74, 6) is 3.96. The van der Waals surface area contributed by atoms with E-state index in [0.29, 0.717) is 13.3 Å². The van der Waals surface area contributed by atoms with Crippen molar-refractivity contribution in [3.8, 4) is 11.5 Å². The van der Waals surface area contributed by atoms with Crippen molar-refractivity contribution in [2.24, 2.45) is 0 Å². The summed E-state index contributed by atoms with van der Waals surface area (Å²) in [5.41, 5.74) is 2.18. The maximum absolute atomic E-state index is 5.47. The standard InChI is InChI=1S/C20H24N6O2/c1-14(9-15-6-7-17-18(10-15)28-13-27-17)16-11-25(24-21-16)12-20-23-22-19-5-3-2-4-8-26(19)20/h6-7,10-11,14H,2-5,8-9,12-13H2,1H3/t14-/m1/s1. The van der Waals surface area contributed by atoms with Crippen LogP contribution in [0.25, 0.3) is 0 Å². The topological polar surface area (TPSA) is 79.9 Å². The Balaban J connectivity index is 1.28. The SMILES string of the molecule is C[C@H](Cc1ccc2c(c1)OCO2)c1cn(Cc2nnc3n2CCCCC3)nn1. The van der Waals surface area contributed by atoms with Gasteiger partial charge in [-0.3, -0.25) is 0 Å². The molecule has 0 fully saturated rings. The molecule has 0 saturated heterocycles. The summed E-state index contributed by atoms with van der Waals surface area (Å²) < 4.78 is 15.0. The number of benzene rings is 1. The number of hydrogen-bond acceptors (Lipinski definition) is 6. The van der Waals surface area contributed by atoms with Crippen LogP contribution in [0.2, 0.25) is 0 Å². The molecular weight excluding hydrogens is 356 g/mol. The lowest BCUT2D eigenvalue weighted by atomic mass is 9.98. The van der Waals surface area contributed by atoms with E-state index in [1.165, 1.54) is 24.8 Å². The molecule has 3 aromatic rings. The van der Waals surface area contributed by atoms with Gasteiger partial charge in [0.1, 0.15) is 12.4 Å². The molecule has 2 aliphatic heterocycles. The number of rotatable bonds is 5. The lowest BCUT2D eigenvalue weighted by Gasteiger charge is -2.09. The van der Waals surface area contributed by atoms with Crippen LogP contribution in [0.4, 0.5) is 0 Å². The van der Waals surface area contributed by atoms with Crippen molar-refractivity contribution < 1.29 is 9.47 Å². The zero-order valence-corrected chi connectivity index (χ0v) is 16.0. The van der Waals surface area contributed by atoms with Gasteiger partial charge in [-0.15, -0.1) is 15.3 Å². The first-order valence-electron chi connectivity index (χ1n) is 9.96. The van der Waals surface area contributed by atoms with E-state index in [1.807, 2.05) is 16.9 Å². The van der Waals surface area contributed by atoms with Gasteiger partial charge in [0.2, 0.25) is 6.79 Å². The van der Waals surface area contributed by atoms with Crippen LogP contribution in [0.3, 0.4) is 0 Å². The highest BCUT2D eigenvalue weighted by atomic mass is 16.7. The molecule has 4 heterocycles. The van der Waals surface area contributed by atoms with Crippen LogP contribution in [-0.2, 0) is 25.9 Å². The average Bonchev–Trinajstić information content (AvgIpc) is 3.40. The molecule has 146 valence electrons. The minimum Gasteiger partial charge on any atom is -0.454 e. The van der Waals surface area contributed by atoms with E-state index in [4.69, 9.17) is 9.47 Å². The van der Waals surface area contributed by atoms with Gasteiger partial charge in [0.15, 0.2) is 17.3 Å². The van der Waals surface area contributed by atoms with Gasteiger partial charge in [-0.2, -0.15) is 0 Å². The van der Waals surface area contributed by atoms with E-state index in [2.05, 4.69) is 44.1 Å². The van der Waals surface area contributed by atoms with E-state index < -0.39 is 0 Å². The van der Waals surface area contributed by atoms with Crippen molar-refractivity contribution in [1.29, 1.82) is 0 Å². The summed E-state index contributed by atoms with van der Waals surface area (Å²) in [7, 11) is 0. The van der Waals surface area contributed by atoms with Gasteiger partial charge in [-0.25, -0.2) is 4.68 Å². The zero-order chi connectivity index (χ0) is 18.9. The molecule has 8 nitrogen and oxygen atoms in total. The third kappa shape index (κ3) is 3.34. The molecular formula is C20H24N6O2. The summed E-state index contributed by atoms with van der Waals surface area (Å²) in [4.78, 5) is 0. The summed E-state index contributed by atoms with van der Waals surface area (Å²) in [6, 6.07) is 6.10. The molecule has 0 saturated carbocycles. The van der Waals surface area contributed by atoms with Crippen molar-refractivity contribution in [2.75, 3.05) is 6.79 Å². The van der Waals surface area contributed by atoms with Crippen molar-refractivity contribution in [2.45, 2.75) is 58.0 Å². The second kappa shape index (κ2) is 7.26. The Morgan fingerprint density at radius 1 is 1.07 bits per heavy atom. The van der Waals surface area contributed by atoms with Crippen molar-refractivity contribution >= 4 is 0 Å². The highest BCUT2D eigenvalue weighted by molar-refractivity contribution is 5.44. The fourth-order valence-electron chi connectivity index (χ4n) is 3.95. The van der Waals surface area contributed by atoms with E-state index in [-0.39, 0.29) is 5.92 Å². The normalized spacial score (nSPS) is 16.6. The van der Waals surface area contributed by atoms with Gasteiger partial charge in [0.25, 0.3) is 0 Å². The van der Waals surface area contributed by atoms with Gasteiger partial charge in [0, 0.05) is 25.1 Å². The van der Waals surface area contributed by atoms with Crippen LogP contribution in [0, 0.1) is 0 Å². The minimum absolute atomic E-state index is 0.254. The Kier molecular flexibility index (Phi) is 4.46. The van der Waals surface area contributed by atoms with E-state index in [1.54, 1.807) is 0 Å². The summed E-state index contributed by atoms with van der Waals surface area (Å²) in [5, 5.41) is 17.5. The summed E-state index contributed by atoms with van der Waals surface area (Å²) in [6.07, 6.45) is 7.55. The third-order valence-corrected chi connectivity index (χ3v) is 5.53. The highest BCUT2D eigenvalue weighted by Crippen LogP contribution is 2.33. The molecule has 1 aromatic carbocycles. The number of aromatic nitrogens is 6. The Bertz CT molecular complexity index is 979. The van der Waals surface area contributed by atoms with Gasteiger partial charge in [-0.05, 0) is 37.0 Å². The fraction of sp³-hybridized carbons (Fsp3) is 0.500. The summed E-state index contributed by atoms with van der Waals surface area (Å²) >= 11 is 0. The molecule has 2 aliphatic rings. The smallest absolute Gasteiger partial charge is 0.231 e. The van der Waals surface area contributed by atoms with Crippen molar-refractivity contribution in [3.05, 3.63) is 47.3 Å². The second-order valence-electron chi connectivity index (χ2n) is 7.63. The molecule has 0 unspecified atom stereocenters. The first-order valence-corrected chi connectivity index (χ1v) is 9.96. The number of ether oxygens (including phenoxy) is 2. The maximum Gasteiger partial charge on any atom is 0.231 e. The number of hydrogen-bond donors (Lipinski definition) is 0. The molecule has 0 amide bonds. The lowest BCUT2D eigenvalue weighted by Crippen LogP contribution is -2.10. The van der Waals surface area contributed by atoms with Gasteiger partial charge in [-0.1, -0.05) is 24.6 Å². The van der Waals surface area contributed by atoms with Crippen LogP contribution in [0.5, 0.6) is 11.5 Å². The third-order valence-electron chi connectivity index (χ3n) is 5.53. The van der Waals surface area contributed by atoms with E-state index in [0.717, 1.165) is 48.2 Å². The Morgan fingerprint density at radius 3 is 2.96 bits per heavy atom. The number of nitrogens with zero attached hydrogens (tertiary/aromatic N) is 6. The van der Waals surface area contributed by atoms with Crippen LogP contribution in [0.15, 0.2) is 24.4 Å². The quantitative estimate of drug-likeness (QED) is 0.677. The number of aryl methyl sites for hydroxylation is 1. The van der Waals surface area contributed by atoms with Gasteiger partial charge in [0.05, 0.1) is 5.69 Å². The molecule has 28 heavy (non-hydrogen) atoms. The van der Waals surface area contributed by atoms with Crippen LogP contribution in [-0.4, -0.2) is 36.6 Å². The number of fused-ring (bicyclic) bond motifs is 2. The molecule has 0 N–H and O–H groups in total. The minimum atomic E-state index is 0.254. The average molecular weight is 380 g/mol. The van der Waals surface area contributed by atoms with Crippen LogP contribution >= 0.6 is 0 Å². The molecule has 2 aromatic heterocycles. The molecule has 0 spiro atoms. The highest BCUT2D eigenvalue weighted by Gasteiger charge is 2.18. The maximum atomic E-state index is 5.47. The first kappa shape index (κ1) is 17.2. The molecule has 5 rings (SSSR count). The molecule has 0 aliphatic carbocycles. The molecule has 8 heteroatoms. The monoisotopic (exact) mass is 380 g/mol. The predicted octanol–water partition coefficient (Wildman–Crippen LogP) is 2.72. The molecule has 1 atom stereocenters. The van der Waals surface area contributed by atoms with E-state index in [9.17, 15) is 0 Å². The van der Waals surface area contributed by atoms with Crippen molar-refractivity contribution in [1.82, 2.24) is 29.8 Å². The first-order chi connectivity index (χ1) is 13.8. The fourth-order valence-corrected chi connectivity index (χ4v) is 3.95. The van der Waals surface area contributed by atoms with Crippen LogP contribution < -0.4 is 9.47 Å². The summed E-state index contributed by atoms with van der Waals surface area (Å²) in [6.45, 7) is 4.08. The Morgan fingerprint density at radius 2 is 2.00 bits per heavy atom. The molecule has 0 radical (unpaired) electrons. The zero-order valence-electron chi connectivity index (χ0n) is 16.0. The van der Waals surface area contributed by atoms with Crippen LogP contribution in [0.1, 0.15) is 55.0 Å². The Labute approximate surface area is 163 Å². The molecule has 0 bridgehead atoms. The van der Waals surface area contributed by atoms with Gasteiger partial charge >= 0.3 is 0 Å². The lowest BCUT2D eigenvalue weighted by molar-refractivity contribution is 0.174. The van der Waals surface area contributed by atoms with E-state index >= 15 is 0 Å². The Hall–Kier alpha value is -2.90. The van der Waals surface area contributed by atoms with Gasteiger partial charge < -0.3 is 14.0 Å².